The molecule has 0 aromatic rings. The molecule has 1 heterocycles. The molecular weight excluding hydrogens is 196 g/mol. The van der Waals surface area contributed by atoms with Gasteiger partial charge in [0.15, 0.2) is 0 Å². The summed E-state index contributed by atoms with van der Waals surface area (Å²) in [5, 5.41) is 14.5. The lowest BCUT2D eigenvalue weighted by Crippen LogP contribution is -2.35. The molecule has 0 bridgehead atoms. The van der Waals surface area contributed by atoms with Crippen LogP contribution in [0.5, 0.6) is 0 Å². The highest BCUT2D eigenvalue weighted by Crippen LogP contribution is 2.08. The zero-order valence-corrected chi connectivity index (χ0v) is 8.95. The van der Waals surface area contributed by atoms with Crippen molar-refractivity contribution in [3.05, 3.63) is 0 Å². The van der Waals surface area contributed by atoms with Crippen LogP contribution in [0.1, 0.15) is 26.2 Å². The van der Waals surface area contributed by atoms with E-state index in [1.165, 1.54) is 0 Å². The highest BCUT2D eigenvalue weighted by molar-refractivity contribution is 5.77. The standard InChI is InChI=1S/C10H18N2O3/c1-7(10(14)15)6-12-9(13)5-8-3-2-4-11-8/h7-8,11H,2-6H2,1H3,(H,12,13)(H,14,15). The number of carboxylic acids is 1. The largest absolute Gasteiger partial charge is 0.481 e. The second-order valence-corrected chi connectivity index (χ2v) is 4.04. The van der Waals surface area contributed by atoms with E-state index in [0.29, 0.717) is 6.42 Å². The molecule has 15 heavy (non-hydrogen) atoms. The van der Waals surface area contributed by atoms with Crippen LogP contribution in [0.3, 0.4) is 0 Å². The van der Waals surface area contributed by atoms with E-state index in [9.17, 15) is 9.59 Å². The Kier molecular flexibility index (Phi) is 4.55. The maximum atomic E-state index is 11.4. The molecule has 1 fully saturated rings. The van der Waals surface area contributed by atoms with Gasteiger partial charge in [-0.15, -0.1) is 0 Å². The van der Waals surface area contributed by atoms with Gasteiger partial charge in [0.2, 0.25) is 5.91 Å². The summed E-state index contributed by atoms with van der Waals surface area (Å²) in [6.07, 6.45) is 2.59. The number of hydrogen-bond acceptors (Lipinski definition) is 3. The molecule has 0 aromatic carbocycles. The minimum absolute atomic E-state index is 0.0671. The van der Waals surface area contributed by atoms with Crippen LogP contribution < -0.4 is 10.6 Å². The highest BCUT2D eigenvalue weighted by atomic mass is 16.4. The first-order valence-electron chi connectivity index (χ1n) is 5.32. The van der Waals surface area contributed by atoms with Crippen molar-refractivity contribution in [1.82, 2.24) is 10.6 Å². The zero-order valence-electron chi connectivity index (χ0n) is 8.95. The topological polar surface area (TPSA) is 78.4 Å². The molecule has 0 aromatic heterocycles. The summed E-state index contributed by atoms with van der Waals surface area (Å²) in [5.74, 6) is -1.47. The minimum Gasteiger partial charge on any atom is -0.481 e. The normalized spacial score (nSPS) is 22.3. The van der Waals surface area contributed by atoms with Crippen LogP contribution in [0.2, 0.25) is 0 Å². The third kappa shape index (κ3) is 4.29. The summed E-state index contributed by atoms with van der Waals surface area (Å²) in [6.45, 7) is 2.76. The second-order valence-electron chi connectivity index (χ2n) is 4.04. The highest BCUT2D eigenvalue weighted by Gasteiger charge is 2.18. The number of hydrogen-bond donors (Lipinski definition) is 3. The van der Waals surface area contributed by atoms with Gasteiger partial charge in [0.05, 0.1) is 5.92 Å². The van der Waals surface area contributed by atoms with Crippen molar-refractivity contribution in [1.29, 1.82) is 0 Å². The van der Waals surface area contributed by atoms with Gasteiger partial charge in [-0.1, -0.05) is 6.92 Å². The summed E-state index contributed by atoms with van der Waals surface area (Å²) in [5.41, 5.74) is 0. The van der Waals surface area contributed by atoms with Crippen LogP contribution in [-0.2, 0) is 9.59 Å². The molecule has 0 spiro atoms. The Labute approximate surface area is 89.2 Å². The minimum atomic E-state index is -0.880. The van der Waals surface area contributed by atoms with Crippen molar-refractivity contribution in [3.8, 4) is 0 Å². The van der Waals surface area contributed by atoms with E-state index >= 15 is 0 Å². The van der Waals surface area contributed by atoms with Gasteiger partial charge >= 0.3 is 5.97 Å². The SMILES string of the molecule is CC(CNC(=O)CC1CCCN1)C(=O)O. The Morgan fingerprint density at radius 1 is 1.60 bits per heavy atom. The Morgan fingerprint density at radius 2 is 2.33 bits per heavy atom. The van der Waals surface area contributed by atoms with Crippen molar-refractivity contribution in [2.24, 2.45) is 5.92 Å². The van der Waals surface area contributed by atoms with E-state index in [2.05, 4.69) is 10.6 Å². The Hall–Kier alpha value is -1.10. The van der Waals surface area contributed by atoms with E-state index in [0.717, 1.165) is 19.4 Å². The van der Waals surface area contributed by atoms with E-state index in [-0.39, 0.29) is 18.5 Å². The number of rotatable bonds is 5. The molecule has 2 atom stereocenters. The number of amides is 1. The molecule has 86 valence electrons. The summed E-state index contributed by atoms with van der Waals surface area (Å²) < 4.78 is 0. The zero-order chi connectivity index (χ0) is 11.3. The maximum Gasteiger partial charge on any atom is 0.308 e. The summed E-state index contributed by atoms with van der Waals surface area (Å²) in [6, 6.07) is 0.269. The first-order chi connectivity index (χ1) is 7.09. The fourth-order valence-corrected chi connectivity index (χ4v) is 1.58. The molecule has 5 nitrogen and oxygen atoms in total. The van der Waals surface area contributed by atoms with Gasteiger partial charge in [-0.05, 0) is 19.4 Å². The number of aliphatic carboxylic acids is 1. The molecule has 5 heteroatoms. The lowest BCUT2D eigenvalue weighted by Gasteiger charge is -2.11. The molecule has 1 rings (SSSR count). The summed E-state index contributed by atoms with van der Waals surface area (Å²) >= 11 is 0. The van der Waals surface area contributed by atoms with Crippen molar-refractivity contribution in [2.75, 3.05) is 13.1 Å². The van der Waals surface area contributed by atoms with Gasteiger partial charge in [0.25, 0.3) is 0 Å². The lowest BCUT2D eigenvalue weighted by molar-refractivity contribution is -0.141. The van der Waals surface area contributed by atoms with Crippen LogP contribution in [0.15, 0.2) is 0 Å². The molecule has 2 unspecified atom stereocenters. The van der Waals surface area contributed by atoms with Crippen LogP contribution >= 0.6 is 0 Å². The summed E-state index contributed by atoms with van der Waals surface area (Å²) in [4.78, 5) is 21.9. The number of carbonyl (C=O) groups excluding carboxylic acids is 1. The van der Waals surface area contributed by atoms with Gasteiger partial charge in [0, 0.05) is 19.0 Å². The molecule has 1 saturated heterocycles. The molecule has 0 radical (unpaired) electrons. The maximum absolute atomic E-state index is 11.4. The van der Waals surface area contributed by atoms with Crippen LogP contribution in [0.25, 0.3) is 0 Å². The Bertz CT molecular complexity index is 237. The predicted octanol–water partition coefficient (Wildman–Crippen LogP) is -0.0346. The quantitative estimate of drug-likeness (QED) is 0.600. The van der Waals surface area contributed by atoms with E-state index < -0.39 is 11.9 Å². The number of carboxylic acid groups (broad SMARTS) is 1. The second kappa shape index (κ2) is 5.70. The van der Waals surface area contributed by atoms with E-state index in [4.69, 9.17) is 5.11 Å². The molecule has 3 N–H and O–H groups in total. The molecule has 0 aliphatic carbocycles. The van der Waals surface area contributed by atoms with Crippen LogP contribution in [0.4, 0.5) is 0 Å². The van der Waals surface area contributed by atoms with E-state index in [1.807, 2.05) is 0 Å². The van der Waals surface area contributed by atoms with Gasteiger partial charge < -0.3 is 15.7 Å². The number of nitrogens with one attached hydrogen (secondary N) is 2. The van der Waals surface area contributed by atoms with E-state index in [1.54, 1.807) is 6.92 Å². The van der Waals surface area contributed by atoms with Crippen molar-refractivity contribution in [3.63, 3.8) is 0 Å². The van der Waals surface area contributed by atoms with Gasteiger partial charge in [-0.3, -0.25) is 9.59 Å². The van der Waals surface area contributed by atoms with Gasteiger partial charge in [-0.2, -0.15) is 0 Å². The van der Waals surface area contributed by atoms with Crippen LogP contribution in [0, 0.1) is 5.92 Å². The number of carbonyl (C=O) groups is 2. The lowest BCUT2D eigenvalue weighted by atomic mass is 10.1. The molecule has 1 amide bonds. The van der Waals surface area contributed by atoms with Crippen molar-refractivity contribution >= 4 is 11.9 Å². The fourth-order valence-electron chi connectivity index (χ4n) is 1.58. The monoisotopic (exact) mass is 214 g/mol. The smallest absolute Gasteiger partial charge is 0.308 e. The fraction of sp³-hybridized carbons (Fsp3) is 0.800. The first kappa shape index (κ1) is 12.0. The van der Waals surface area contributed by atoms with Crippen molar-refractivity contribution < 1.29 is 14.7 Å². The third-order valence-electron chi connectivity index (χ3n) is 2.62. The molecular formula is C10H18N2O3. The Balaban J connectivity index is 2.15. The Morgan fingerprint density at radius 3 is 2.87 bits per heavy atom. The average molecular weight is 214 g/mol. The molecule has 0 saturated carbocycles. The average Bonchev–Trinajstić information content (AvgIpc) is 2.66. The van der Waals surface area contributed by atoms with Crippen molar-refractivity contribution in [2.45, 2.75) is 32.2 Å². The third-order valence-corrected chi connectivity index (χ3v) is 2.62. The molecule has 1 aliphatic heterocycles. The predicted molar refractivity (Wildman–Crippen MR) is 55.5 cm³/mol. The first-order valence-corrected chi connectivity index (χ1v) is 5.32. The molecule has 1 aliphatic rings. The summed E-state index contributed by atoms with van der Waals surface area (Å²) in [7, 11) is 0. The van der Waals surface area contributed by atoms with Gasteiger partial charge in [0.1, 0.15) is 0 Å². The van der Waals surface area contributed by atoms with Gasteiger partial charge in [-0.25, -0.2) is 0 Å². The van der Waals surface area contributed by atoms with Crippen LogP contribution in [-0.4, -0.2) is 36.1 Å².